The van der Waals surface area contributed by atoms with Crippen LogP contribution in [0.4, 0.5) is 5.95 Å². The molecule has 2 aromatic rings. The van der Waals surface area contributed by atoms with Crippen molar-refractivity contribution in [2.24, 2.45) is 16.5 Å². The predicted molar refractivity (Wildman–Crippen MR) is 72.0 cm³/mol. The molecule has 0 bridgehead atoms. The van der Waals surface area contributed by atoms with Crippen LogP contribution >= 0.6 is 24.0 Å². The van der Waals surface area contributed by atoms with Crippen molar-refractivity contribution in [3.05, 3.63) is 28.9 Å². The first-order valence-corrected chi connectivity index (χ1v) is 4.97. The van der Waals surface area contributed by atoms with E-state index < -0.39 is 0 Å². The van der Waals surface area contributed by atoms with Crippen LogP contribution in [0.5, 0.6) is 0 Å². The van der Waals surface area contributed by atoms with Crippen LogP contribution in [0.15, 0.2) is 23.2 Å². The second-order valence-electron chi connectivity index (χ2n) is 3.31. The summed E-state index contributed by atoms with van der Waals surface area (Å²) >= 11 is 5.89. The zero-order valence-electron chi connectivity index (χ0n) is 9.01. The van der Waals surface area contributed by atoms with E-state index in [-0.39, 0.29) is 24.3 Å². The lowest BCUT2D eigenvalue weighted by Crippen LogP contribution is -2.22. The van der Waals surface area contributed by atoms with Gasteiger partial charge in [0, 0.05) is 10.4 Å². The lowest BCUT2D eigenvalue weighted by molar-refractivity contribution is 1.12. The number of halogens is 2. The van der Waals surface area contributed by atoms with Gasteiger partial charge in [-0.25, -0.2) is 9.97 Å². The van der Waals surface area contributed by atoms with Crippen LogP contribution in [-0.4, -0.2) is 15.9 Å². The molecule has 0 aliphatic carbocycles. The van der Waals surface area contributed by atoms with Crippen molar-refractivity contribution < 1.29 is 0 Å². The topological polar surface area (TPSA) is 90.2 Å². The predicted octanol–water partition coefficient (Wildman–Crippen LogP) is 1.92. The third-order valence-corrected chi connectivity index (χ3v) is 2.30. The molecule has 0 saturated carbocycles. The van der Waals surface area contributed by atoms with Gasteiger partial charge in [-0.15, -0.1) is 12.4 Å². The van der Waals surface area contributed by atoms with Crippen molar-refractivity contribution >= 4 is 46.8 Å². The van der Waals surface area contributed by atoms with Crippen molar-refractivity contribution in [1.82, 2.24) is 9.97 Å². The molecule has 90 valence electrons. The summed E-state index contributed by atoms with van der Waals surface area (Å²) in [6, 6.07) is 5.37. The Balaban J connectivity index is 0.00000144. The van der Waals surface area contributed by atoms with Gasteiger partial charge in [0.25, 0.3) is 5.95 Å². The third-order valence-electron chi connectivity index (χ3n) is 2.07. The van der Waals surface area contributed by atoms with Gasteiger partial charge in [-0.05, 0) is 25.1 Å². The SMILES string of the molecule is Cc1nc(N=C(N)N)nc2ccc(Cl)cc12.Cl. The normalized spacial score (nSPS) is 9.76. The molecule has 0 saturated heterocycles. The minimum absolute atomic E-state index is 0. The molecule has 17 heavy (non-hydrogen) atoms. The molecular formula is C10H11Cl2N5. The van der Waals surface area contributed by atoms with Crippen LogP contribution in [0, 0.1) is 6.92 Å². The van der Waals surface area contributed by atoms with E-state index >= 15 is 0 Å². The number of aryl methyl sites for hydroxylation is 1. The Morgan fingerprint density at radius 3 is 2.65 bits per heavy atom. The Morgan fingerprint density at radius 1 is 1.29 bits per heavy atom. The highest BCUT2D eigenvalue weighted by Crippen LogP contribution is 2.21. The molecular weight excluding hydrogens is 261 g/mol. The molecule has 4 N–H and O–H groups in total. The maximum absolute atomic E-state index is 5.89. The van der Waals surface area contributed by atoms with Gasteiger partial charge in [0.1, 0.15) is 0 Å². The quantitative estimate of drug-likeness (QED) is 0.613. The van der Waals surface area contributed by atoms with Gasteiger partial charge in [-0.3, -0.25) is 0 Å². The summed E-state index contributed by atoms with van der Waals surface area (Å²) in [4.78, 5) is 12.2. The van der Waals surface area contributed by atoms with E-state index in [1.54, 1.807) is 12.1 Å². The Labute approximate surface area is 109 Å². The first-order chi connectivity index (χ1) is 7.56. The standard InChI is InChI=1S/C10H10ClN5.ClH/c1-5-7-4-6(11)2-3-8(7)15-10(14-5)16-9(12)13;/h2-4H,1H3,(H4,12,13,14,15,16);1H. The highest BCUT2D eigenvalue weighted by Gasteiger charge is 2.04. The average molecular weight is 272 g/mol. The van der Waals surface area contributed by atoms with Gasteiger partial charge in [0.05, 0.1) is 11.2 Å². The summed E-state index contributed by atoms with van der Waals surface area (Å²) in [5, 5.41) is 1.54. The van der Waals surface area contributed by atoms with Crippen LogP contribution in [0.3, 0.4) is 0 Å². The molecule has 0 atom stereocenters. The van der Waals surface area contributed by atoms with Crippen LogP contribution in [-0.2, 0) is 0 Å². The molecule has 2 rings (SSSR count). The highest BCUT2D eigenvalue weighted by molar-refractivity contribution is 6.31. The van der Waals surface area contributed by atoms with E-state index in [0.717, 1.165) is 16.6 Å². The molecule has 0 aliphatic heterocycles. The van der Waals surface area contributed by atoms with Crippen LogP contribution in [0.25, 0.3) is 10.9 Å². The highest BCUT2D eigenvalue weighted by atomic mass is 35.5. The molecule has 1 aromatic heterocycles. The summed E-state index contributed by atoms with van der Waals surface area (Å²) in [5.74, 6) is 0.194. The molecule has 0 unspecified atom stereocenters. The largest absolute Gasteiger partial charge is 0.370 e. The van der Waals surface area contributed by atoms with E-state index in [1.165, 1.54) is 0 Å². The fourth-order valence-electron chi connectivity index (χ4n) is 1.40. The average Bonchev–Trinajstić information content (AvgIpc) is 2.18. The van der Waals surface area contributed by atoms with E-state index in [0.29, 0.717) is 5.02 Å². The molecule has 0 aliphatic rings. The van der Waals surface area contributed by atoms with E-state index in [9.17, 15) is 0 Å². The third kappa shape index (κ3) is 2.95. The van der Waals surface area contributed by atoms with Crippen molar-refractivity contribution in [2.75, 3.05) is 0 Å². The summed E-state index contributed by atoms with van der Waals surface area (Å²) < 4.78 is 0. The number of aliphatic imine (C=N–C) groups is 1. The lowest BCUT2D eigenvalue weighted by Gasteiger charge is -2.02. The number of hydrogen-bond donors (Lipinski definition) is 2. The fourth-order valence-corrected chi connectivity index (χ4v) is 1.58. The maximum atomic E-state index is 5.89. The monoisotopic (exact) mass is 271 g/mol. The number of nitrogens with two attached hydrogens (primary N) is 2. The Hall–Kier alpha value is -1.59. The van der Waals surface area contributed by atoms with Crippen molar-refractivity contribution in [2.45, 2.75) is 6.92 Å². The van der Waals surface area contributed by atoms with Crippen molar-refractivity contribution in [1.29, 1.82) is 0 Å². The Kier molecular flexibility index (Phi) is 4.09. The number of hydrogen-bond acceptors (Lipinski definition) is 3. The molecule has 0 radical (unpaired) electrons. The summed E-state index contributed by atoms with van der Waals surface area (Å²) in [7, 11) is 0. The lowest BCUT2D eigenvalue weighted by atomic mass is 10.2. The van der Waals surface area contributed by atoms with Gasteiger partial charge >= 0.3 is 0 Å². The second kappa shape index (κ2) is 5.16. The zero-order chi connectivity index (χ0) is 11.7. The molecule has 7 heteroatoms. The minimum atomic E-state index is -0.0623. The van der Waals surface area contributed by atoms with Crippen LogP contribution in [0.2, 0.25) is 5.02 Å². The summed E-state index contributed by atoms with van der Waals surface area (Å²) in [5.41, 5.74) is 12.1. The van der Waals surface area contributed by atoms with Crippen molar-refractivity contribution in [3.63, 3.8) is 0 Å². The second-order valence-corrected chi connectivity index (χ2v) is 3.74. The van der Waals surface area contributed by atoms with Gasteiger partial charge in [0.15, 0.2) is 5.96 Å². The fraction of sp³-hybridized carbons (Fsp3) is 0.100. The Bertz CT molecular complexity index is 578. The number of nitrogens with zero attached hydrogens (tertiary/aromatic N) is 3. The summed E-state index contributed by atoms with van der Waals surface area (Å²) in [6.45, 7) is 1.85. The number of aromatic nitrogens is 2. The first-order valence-electron chi connectivity index (χ1n) is 4.60. The van der Waals surface area contributed by atoms with E-state index in [1.807, 2.05) is 13.0 Å². The summed E-state index contributed by atoms with van der Waals surface area (Å²) in [6.07, 6.45) is 0. The number of rotatable bonds is 1. The van der Waals surface area contributed by atoms with Crippen LogP contribution in [0.1, 0.15) is 5.69 Å². The number of benzene rings is 1. The molecule has 0 fully saturated rings. The van der Waals surface area contributed by atoms with Gasteiger partial charge in [-0.2, -0.15) is 4.99 Å². The zero-order valence-corrected chi connectivity index (χ0v) is 10.6. The molecule has 1 aromatic carbocycles. The van der Waals surface area contributed by atoms with Crippen LogP contribution < -0.4 is 11.5 Å². The van der Waals surface area contributed by atoms with Gasteiger partial charge in [0.2, 0.25) is 0 Å². The maximum Gasteiger partial charge on any atom is 0.253 e. The Morgan fingerprint density at radius 2 is 2.00 bits per heavy atom. The molecule has 0 spiro atoms. The molecule has 0 amide bonds. The van der Waals surface area contributed by atoms with E-state index in [4.69, 9.17) is 23.1 Å². The first kappa shape index (κ1) is 13.5. The smallest absolute Gasteiger partial charge is 0.253 e. The van der Waals surface area contributed by atoms with Crippen molar-refractivity contribution in [3.8, 4) is 0 Å². The number of guanidine groups is 1. The molecule has 1 heterocycles. The van der Waals surface area contributed by atoms with Gasteiger partial charge < -0.3 is 11.5 Å². The number of fused-ring (bicyclic) bond motifs is 1. The van der Waals surface area contributed by atoms with E-state index in [2.05, 4.69) is 15.0 Å². The molecule has 5 nitrogen and oxygen atoms in total. The minimum Gasteiger partial charge on any atom is -0.370 e. The van der Waals surface area contributed by atoms with Gasteiger partial charge in [-0.1, -0.05) is 11.6 Å².